The Morgan fingerprint density at radius 1 is 0.696 bits per heavy atom. The molecule has 0 unspecified atom stereocenters. The molecule has 0 radical (unpaired) electrons. The average Bonchev–Trinajstić information content (AvgIpc) is 3.05. The Balaban J connectivity index is 1.23. The number of rotatable bonds is 10. The minimum absolute atomic E-state index is 0.0697. The minimum atomic E-state index is -0.453. The fraction of sp³-hybridized carbons (Fsp3) is 0.350. The van der Waals surface area contributed by atoms with E-state index in [-0.39, 0.29) is 23.4 Å². The van der Waals surface area contributed by atoms with Gasteiger partial charge in [0.05, 0.1) is 7.11 Å². The molecule has 0 amide bonds. The highest BCUT2D eigenvalue weighted by Gasteiger charge is 2.36. The summed E-state index contributed by atoms with van der Waals surface area (Å²) in [5.41, 5.74) is 6.43. The fourth-order valence-corrected chi connectivity index (χ4v) is 6.67. The fourth-order valence-electron chi connectivity index (χ4n) is 6.67. The molecule has 1 aliphatic rings. The van der Waals surface area contributed by atoms with Crippen molar-refractivity contribution >= 4 is 11.9 Å². The van der Waals surface area contributed by atoms with Crippen molar-refractivity contribution in [2.24, 2.45) is 0 Å². The van der Waals surface area contributed by atoms with Crippen LogP contribution in [0.3, 0.4) is 0 Å². The molecule has 5 rings (SSSR count). The number of hydrogen-bond donors (Lipinski definition) is 0. The third-order valence-corrected chi connectivity index (χ3v) is 9.38. The number of aryl methyl sites for hydroxylation is 2. The van der Waals surface area contributed by atoms with Crippen molar-refractivity contribution < 1.29 is 28.5 Å². The van der Waals surface area contributed by atoms with Crippen LogP contribution in [-0.4, -0.2) is 25.7 Å². The molecule has 240 valence electrons. The van der Waals surface area contributed by atoms with Gasteiger partial charge in [0.1, 0.15) is 23.0 Å². The third-order valence-electron chi connectivity index (χ3n) is 9.38. The van der Waals surface area contributed by atoms with E-state index < -0.39 is 5.97 Å². The van der Waals surface area contributed by atoms with Gasteiger partial charge in [-0.25, -0.2) is 4.79 Å². The van der Waals surface area contributed by atoms with Gasteiger partial charge in [0.2, 0.25) is 0 Å². The molecule has 6 nitrogen and oxygen atoms in total. The first-order chi connectivity index (χ1) is 22.0. The maximum Gasteiger partial charge on any atom is 0.349 e. The normalized spacial score (nSPS) is 14.3. The first-order valence-electron chi connectivity index (χ1n) is 16.0. The van der Waals surface area contributed by atoms with E-state index in [0.29, 0.717) is 17.2 Å². The van der Waals surface area contributed by atoms with Gasteiger partial charge in [0.15, 0.2) is 6.61 Å². The van der Waals surface area contributed by atoms with Crippen LogP contribution in [0.15, 0.2) is 84.9 Å². The Hall–Kier alpha value is -4.58. The molecule has 0 saturated heterocycles. The van der Waals surface area contributed by atoms with Crippen molar-refractivity contribution in [2.75, 3.05) is 13.7 Å². The predicted octanol–water partition coefficient (Wildman–Crippen LogP) is 8.80. The lowest BCUT2D eigenvalue weighted by Crippen LogP contribution is -2.30. The van der Waals surface area contributed by atoms with E-state index in [4.69, 9.17) is 18.9 Å². The Bertz CT molecular complexity index is 1680. The molecular weight excluding hydrogens is 576 g/mol. The van der Waals surface area contributed by atoms with Crippen molar-refractivity contribution in [1.29, 1.82) is 0 Å². The second kappa shape index (κ2) is 13.8. The highest BCUT2D eigenvalue weighted by Crippen LogP contribution is 2.46. The van der Waals surface area contributed by atoms with Crippen LogP contribution >= 0.6 is 0 Å². The molecule has 1 fully saturated rings. The maximum absolute atomic E-state index is 12.8. The van der Waals surface area contributed by atoms with E-state index in [1.165, 1.54) is 37.3 Å². The van der Waals surface area contributed by atoms with Gasteiger partial charge >= 0.3 is 11.9 Å². The minimum Gasteiger partial charge on any atom is -0.496 e. The second-order valence-electron chi connectivity index (χ2n) is 12.8. The third kappa shape index (κ3) is 7.12. The number of benzene rings is 4. The van der Waals surface area contributed by atoms with Crippen LogP contribution in [0.4, 0.5) is 0 Å². The molecule has 1 saturated carbocycles. The molecule has 0 aromatic heterocycles. The largest absolute Gasteiger partial charge is 0.496 e. The average molecular weight is 621 g/mol. The Morgan fingerprint density at radius 3 is 1.72 bits per heavy atom. The van der Waals surface area contributed by atoms with Crippen molar-refractivity contribution in [3.63, 3.8) is 0 Å². The monoisotopic (exact) mass is 620 g/mol. The zero-order chi connectivity index (χ0) is 32.9. The van der Waals surface area contributed by atoms with Crippen LogP contribution in [0, 0.1) is 13.8 Å². The highest BCUT2D eigenvalue weighted by molar-refractivity contribution is 5.74. The summed E-state index contributed by atoms with van der Waals surface area (Å²) < 4.78 is 22.2. The van der Waals surface area contributed by atoms with E-state index >= 15 is 0 Å². The Kier molecular flexibility index (Phi) is 9.85. The number of carbonyl (C=O) groups is 2. The van der Waals surface area contributed by atoms with Gasteiger partial charge in [-0.1, -0.05) is 81.6 Å². The topological polar surface area (TPSA) is 71.1 Å². The van der Waals surface area contributed by atoms with Crippen LogP contribution in [0.1, 0.15) is 86.3 Å². The summed E-state index contributed by atoms with van der Waals surface area (Å²) >= 11 is 0. The van der Waals surface area contributed by atoms with Gasteiger partial charge < -0.3 is 18.9 Å². The molecule has 4 aromatic rings. The first-order valence-corrected chi connectivity index (χ1v) is 16.0. The number of ether oxygens (including phenoxy) is 4. The second-order valence-corrected chi connectivity index (χ2v) is 12.8. The van der Waals surface area contributed by atoms with Gasteiger partial charge in [0.25, 0.3) is 0 Å². The number of esters is 2. The standard InChI is InChI=1S/C40H44O6/c1-27-24-32(14-20-36(27)43-6)40(22-8-7-9-23-40)33-15-21-37(28(2)25-33)46-38(42)26-44-34-16-10-30(11-17-34)39(4,5)31-12-18-35(19-13-31)45-29(3)41/h10-21,24-25H,7-9,22-23,26H2,1-6H3. The van der Waals surface area contributed by atoms with Crippen molar-refractivity contribution in [3.05, 3.63) is 118 Å². The molecule has 0 heterocycles. The first kappa shape index (κ1) is 32.8. The van der Waals surface area contributed by atoms with Gasteiger partial charge in [0, 0.05) is 17.8 Å². The summed E-state index contributed by atoms with van der Waals surface area (Å²) in [5, 5.41) is 0. The lowest BCUT2D eigenvalue weighted by atomic mass is 9.65. The number of methoxy groups -OCH3 is 1. The van der Waals surface area contributed by atoms with Crippen LogP contribution in [0.2, 0.25) is 0 Å². The van der Waals surface area contributed by atoms with Gasteiger partial charge in [-0.2, -0.15) is 0 Å². The Labute approximate surface area is 272 Å². The predicted molar refractivity (Wildman–Crippen MR) is 180 cm³/mol. The molecule has 4 aromatic carbocycles. The molecule has 1 aliphatic carbocycles. The molecule has 6 heteroatoms. The molecule has 0 atom stereocenters. The van der Waals surface area contributed by atoms with Gasteiger partial charge in [-0.3, -0.25) is 4.79 Å². The SMILES string of the molecule is COc1ccc(C2(c3ccc(OC(=O)COc4ccc(C(C)(C)c5ccc(OC(C)=O)cc5)cc4)c(C)c3)CCCCC2)cc1C. The molecule has 0 bridgehead atoms. The molecule has 0 aliphatic heterocycles. The van der Waals surface area contributed by atoms with Crippen LogP contribution in [-0.2, 0) is 20.4 Å². The molecule has 0 N–H and O–H groups in total. The van der Waals surface area contributed by atoms with Crippen LogP contribution < -0.4 is 18.9 Å². The van der Waals surface area contributed by atoms with E-state index in [1.807, 2.05) is 49.4 Å². The van der Waals surface area contributed by atoms with Crippen LogP contribution in [0.5, 0.6) is 23.0 Å². The highest BCUT2D eigenvalue weighted by atomic mass is 16.6. The van der Waals surface area contributed by atoms with E-state index in [1.54, 1.807) is 19.2 Å². The van der Waals surface area contributed by atoms with Crippen molar-refractivity contribution in [3.8, 4) is 23.0 Å². The summed E-state index contributed by atoms with van der Waals surface area (Å²) in [6.45, 7) is 9.53. The van der Waals surface area contributed by atoms with E-state index in [2.05, 4.69) is 51.1 Å². The summed E-state index contributed by atoms with van der Waals surface area (Å²) in [4.78, 5) is 24.1. The van der Waals surface area contributed by atoms with Gasteiger partial charge in [-0.05, 0) is 96.5 Å². The summed E-state index contributed by atoms with van der Waals surface area (Å²) in [6.07, 6.45) is 5.79. The van der Waals surface area contributed by atoms with Gasteiger partial charge in [-0.15, -0.1) is 0 Å². The lowest BCUT2D eigenvalue weighted by molar-refractivity contribution is -0.136. The summed E-state index contributed by atoms with van der Waals surface area (Å²) in [6, 6.07) is 28.0. The zero-order valence-corrected chi connectivity index (χ0v) is 27.8. The molecular formula is C40H44O6. The maximum atomic E-state index is 12.8. The lowest BCUT2D eigenvalue weighted by Gasteiger charge is -2.39. The number of carbonyl (C=O) groups excluding carboxylic acids is 2. The van der Waals surface area contributed by atoms with Crippen molar-refractivity contribution in [1.82, 2.24) is 0 Å². The summed E-state index contributed by atoms with van der Waals surface area (Å²) in [5.74, 6) is 1.76. The van der Waals surface area contributed by atoms with E-state index in [9.17, 15) is 9.59 Å². The summed E-state index contributed by atoms with van der Waals surface area (Å²) in [7, 11) is 1.71. The molecule has 0 spiro atoms. The number of hydrogen-bond acceptors (Lipinski definition) is 6. The van der Waals surface area contributed by atoms with Crippen LogP contribution in [0.25, 0.3) is 0 Å². The zero-order valence-electron chi connectivity index (χ0n) is 27.8. The van der Waals surface area contributed by atoms with E-state index in [0.717, 1.165) is 40.8 Å². The molecule has 46 heavy (non-hydrogen) atoms. The quantitative estimate of drug-likeness (QED) is 0.130. The Morgan fingerprint density at radius 2 is 1.22 bits per heavy atom. The smallest absolute Gasteiger partial charge is 0.349 e. The van der Waals surface area contributed by atoms with Crippen molar-refractivity contribution in [2.45, 2.75) is 77.6 Å².